The number of hydrogen-bond acceptors (Lipinski definition) is 19. The molecule has 21 nitrogen and oxygen atoms in total. The third kappa shape index (κ3) is 32.6. The van der Waals surface area contributed by atoms with E-state index >= 15 is 0 Å². The van der Waals surface area contributed by atoms with E-state index in [0.29, 0.717) is 98.4 Å². The fourth-order valence-electron chi connectivity index (χ4n) is 14.0. The Morgan fingerprint density at radius 1 is 0.449 bits per heavy atom. The molecule has 9 fully saturated rings. The lowest BCUT2D eigenvalue weighted by Crippen LogP contribution is -2.63. The van der Waals surface area contributed by atoms with Gasteiger partial charge < -0.3 is 41.3 Å². The van der Waals surface area contributed by atoms with Gasteiger partial charge in [0.1, 0.15) is 23.1 Å². The monoisotopic (exact) mass is 1380 g/mol. The molecule has 6 N–H and O–H groups in total. The minimum absolute atomic E-state index is 0. The van der Waals surface area contributed by atoms with E-state index in [1.165, 1.54) is 37.9 Å². The van der Waals surface area contributed by atoms with Crippen molar-refractivity contribution in [2.45, 2.75) is 321 Å². The molecule has 570 valence electrons. The summed E-state index contributed by atoms with van der Waals surface area (Å²) >= 11 is 0. The molecule has 9 aliphatic heterocycles. The highest BCUT2D eigenvalue weighted by molar-refractivity contribution is 5.86. The van der Waals surface area contributed by atoms with Gasteiger partial charge in [0.05, 0.1) is 54.3 Å². The van der Waals surface area contributed by atoms with Crippen LogP contribution in [0.2, 0.25) is 0 Å². The van der Waals surface area contributed by atoms with Crippen LogP contribution in [0.25, 0.3) is 0 Å². The molecule has 2 amide bonds. The topological polar surface area (TPSA) is 220 Å². The largest absolute Gasteiger partial charge is 0.392 e. The Morgan fingerprint density at radius 2 is 0.857 bits per heavy atom. The third-order valence-corrected chi connectivity index (χ3v) is 19.5. The van der Waals surface area contributed by atoms with Crippen LogP contribution in [-0.2, 0) is 28.8 Å². The average Bonchev–Trinajstić information content (AvgIpc) is 1.74. The molecule has 9 heterocycles. The number of aliphatic hydroxyl groups excluding tert-OH is 2. The van der Waals surface area contributed by atoms with Gasteiger partial charge in [0.15, 0.2) is 0 Å². The van der Waals surface area contributed by atoms with Gasteiger partial charge in [-0.15, -0.1) is 0 Å². The summed E-state index contributed by atoms with van der Waals surface area (Å²) in [4.78, 5) is 87.1. The second kappa shape index (κ2) is 46.1. The number of nitrogens with one attached hydrogen (secondary N) is 4. The lowest BCUT2D eigenvalue weighted by atomic mass is 9.97. The van der Waals surface area contributed by atoms with Gasteiger partial charge in [-0.25, -0.2) is 0 Å². The van der Waals surface area contributed by atoms with Crippen molar-refractivity contribution in [2.24, 2.45) is 0 Å². The maximum absolute atomic E-state index is 11.5. The lowest BCUT2D eigenvalue weighted by molar-refractivity contribution is -0.136. The number of carbonyl (C=O) groups excluding carboxylic acids is 6. The van der Waals surface area contributed by atoms with Crippen LogP contribution in [0.3, 0.4) is 0 Å². The molecule has 0 aromatic rings. The SMILES string of the molecule is C.C=C1CCCN1C(C)C.C=C1CN(C(C)C)CC(=O)N1.C=C1CN(C(C)C)CCN1.C=C1NCCN1C(C)C.CC(=O)[C@@H]1CCCN1C(C)C.CC(=O)[C@@H]1C[C@@H](O)CN1C(C)C.CC(=O)[C@H]1CCCN1C(C)C.CC(=O)[C@H]1C[C@H](O)CN1C(C)C.CC(C)N1CCNC(=O)C1(C)C. The van der Waals surface area contributed by atoms with Gasteiger partial charge >= 0.3 is 0 Å². The minimum Gasteiger partial charge on any atom is -0.392 e. The number of aliphatic hydroxyl groups is 2. The molecule has 9 saturated heterocycles. The molecular formula is C77H149N13O8. The Balaban J connectivity index is 0.00000108. The number of likely N-dealkylation sites (tertiary alicyclic amines) is 5. The highest BCUT2D eigenvalue weighted by Crippen LogP contribution is 2.25. The van der Waals surface area contributed by atoms with Crippen LogP contribution in [-0.4, -0.2) is 277 Å². The van der Waals surface area contributed by atoms with Crippen molar-refractivity contribution in [3.05, 3.63) is 49.2 Å². The van der Waals surface area contributed by atoms with Crippen molar-refractivity contribution in [3.8, 4) is 0 Å². The molecule has 6 atom stereocenters. The quantitative estimate of drug-likeness (QED) is 0.101. The zero-order valence-corrected chi connectivity index (χ0v) is 65.9. The van der Waals surface area contributed by atoms with Gasteiger partial charge in [-0.3, -0.25) is 63.1 Å². The third-order valence-electron chi connectivity index (χ3n) is 19.5. The maximum atomic E-state index is 11.5. The summed E-state index contributed by atoms with van der Waals surface area (Å²) in [7, 11) is 0. The first-order chi connectivity index (χ1) is 45.0. The first kappa shape index (κ1) is 93.4. The summed E-state index contributed by atoms with van der Waals surface area (Å²) in [5.74, 6) is 2.26. The first-order valence-electron chi connectivity index (χ1n) is 36.9. The number of β-amino-alcohol motifs (C(OH)–C–C–N with tert-alkyl or cyclic N) is 2. The van der Waals surface area contributed by atoms with Crippen molar-refractivity contribution in [3.63, 3.8) is 0 Å². The number of rotatable bonds is 13. The fourth-order valence-corrected chi connectivity index (χ4v) is 14.0. The highest BCUT2D eigenvalue weighted by Gasteiger charge is 2.40. The van der Waals surface area contributed by atoms with Crippen LogP contribution in [0.5, 0.6) is 0 Å². The number of amides is 2. The molecule has 0 bridgehead atoms. The molecule has 21 heteroatoms. The maximum Gasteiger partial charge on any atom is 0.240 e. The van der Waals surface area contributed by atoms with Crippen molar-refractivity contribution in [1.82, 2.24) is 65.4 Å². The van der Waals surface area contributed by atoms with Gasteiger partial charge in [0, 0.05) is 143 Å². The van der Waals surface area contributed by atoms with E-state index in [0.717, 1.165) is 95.5 Å². The van der Waals surface area contributed by atoms with Crippen molar-refractivity contribution >= 4 is 34.9 Å². The number of Topliss-reactive ketones (excluding diaryl/α,β-unsaturated/α-hetero) is 4. The Morgan fingerprint density at radius 3 is 1.12 bits per heavy atom. The van der Waals surface area contributed by atoms with E-state index in [1.807, 2.05) is 41.5 Å². The molecule has 0 aromatic carbocycles. The Kier molecular flexibility index (Phi) is 44.0. The number of nitrogens with zero attached hydrogens (tertiary/aromatic N) is 9. The highest BCUT2D eigenvalue weighted by atomic mass is 16.3. The molecule has 0 unspecified atom stereocenters. The van der Waals surface area contributed by atoms with Crippen molar-refractivity contribution in [2.75, 3.05) is 91.6 Å². The smallest absolute Gasteiger partial charge is 0.240 e. The zero-order valence-electron chi connectivity index (χ0n) is 65.9. The van der Waals surface area contributed by atoms with Crippen molar-refractivity contribution in [1.29, 1.82) is 0 Å². The molecule has 9 aliphatic rings. The van der Waals surface area contributed by atoms with Gasteiger partial charge in [0.25, 0.3) is 0 Å². The van der Waals surface area contributed by atoms with Crippen LogP contribution >= 0.6 is 0 Å². The summed E-state index contributed by atoms with van der Waals surface area (Å²) in [6.45, 7) is 77.5. The molecular weight excluding hydrogens is 1230 g/mol. The van der Waals surface area contributed by atoms with E-state index in [9.17, 15) is 39.0 Å². The van der Waals surface area contributed by atoms with Crippen LogP contribution in [0.4, 0.5) is 0 Å². The predicted octanol–water partition coefficient (Wildman–Crippen LogP) is 8.91. The standard InChI is InChI=1S/C9H18N2O.2C9H17NO2.2C9H17NO.C8H14N2O.C8H16N2.C8H15N.C7H14N2.CH4/c1-7(2)11-6-5-10-8(12)9(11,3)4;2*1-6(2)10-5-8(12)4-9(10)7(3)11;2*1-7(2)10-6-4-5-9(10)8(3)11;1-6(2)10-4-7(3)9-8(11)5-10;1-7(2)10-5-4-9-8(3)6-10;1-7(2)9-6-4-5-8(9)3;1-6(2)9-5-4-8-7(9)3;/h7H,5-6H2,1-4H3,(H,10,12);2*6,8-9,12H,4-5H2,1-3H3;2*7,9H,4-6H2,1-3H3;6H,3-5H2,1-2H3,(H,9,11);7,9H,3-6H2,1-2H3;7H,3-6H2,1-2H3;6,8H,3-5H2,1-2H3;1H4/t;2*8-,9+;2*9-;;;;;/m.1010...../s1. The predicted molar refractivity (Wildman–Crippen MR) is 408 cm³/mol. The second-order valence-corrected chi connectivity index (χ2v) is 30.8. The summed E-state index contributed by atoms with van der Waals surface area (Å²) < 4.78 is 0. The summed E-state index contributed by atoms with van der Waals surface area (Å²) in [6, 6.07) is 4.80. The first-order valence-corrected chi connectivity index (χ1v) is 36.9. The molecule has 0 saturated carbocycles. The van der Waals surface area contributed by atoms with Gasteiger partial charge in [0.2, 0.25) is 11.8 Å². The summed E-state index contributed by atoms with van der Waals surface area (Å²) in [5, 5.41) is 30.7. The number of ketones is 4. The molecule has 0 aromatic heterocycles. The van der Waals surface area contributed by atoms with Gasteiger partial charge in [-0.2, -0.15) is 0 Å². The number of carbonyl (C=O) groups is 6. The van der Waals surface area contributed by atoms with E-state index in [2.05, 4.69) is 189 Å². The Bertz CT molecular complexity index is 2320. The van der Waals surface area contributed by atoms with E-state index < -0.39 is 0 Å². The van der Waals surface area contributed by atoms with Crippen LogP contribution in [0.1, 0.15) is 225 Å². The van der Waals surface area contributed by atoms with E-state index in [-0.39, 0.29) is 72.7 Å². The Hall–Kier alpha value is -4.58. The van der Waals surface area contributed by atoms with Gasteiger partial charge in [-0.05, 0) is 231 Å². The molecule has 98 heavy (non-hydrogen) atoms. The average molecular weight is 1390 g/mol. The van der Waals surface area contributed by atoms with Crippen LogP contribution < -0.4 is 21.3 Å². The number of hydrogen-bond donors (Lipinski definition) is 6. The van der Waals surface area contributed by atoms with Crippen molar-refractivity contribution < 1.29 is 39.0 Å². The molecule has 0 spiro atoms. The van der Waals surface area contributed by atoms with E-state index in [1.54, 1.807) is 27.7 Å². The number of allylic oxidation sites excluding steroid dienone is 1. The molecule has 9 rings (SSSR count). The zero-order chi connectivity index (χ0) is 74.5. The fraction of sp³-hybridized carbons (Fsp3) is 0.818. The summed E-state index contributed by atoms with van der Waals surface area (Å²) in [5.41, 5.74) is 2.94. The Labute approximate surface area is 598 Å². The minimum atomic E-state index is -0.341. The normalized spacial score (nSPS) is 24.6. The molecule has 0 radical (unpaired) electrons. The summed E-state index contributed by atoms with van der Waals surface area (Å²) in [6.07, 6.45) is 7.57. The lowest BCUT2D eigenvalue weighted by Gasteiger charge is -2.43. The molecule has 0 aliphatic carbocycles. The second-order valence-electron chi connectivity index (χ2n) is 30.8. The van der Waals surface area contributed by atoms with Crippen LogP contribution in [0, 0.1) is 0 Å². The number of piperazine rings is 3. The van der Waals surface area contributed by atoms with E-state index in [4.69, 9.17) is 0 Å². The van der Waals surface area contributed by atoms with Crippen LogP contribution in [0.15, 0.2) is 49.2 Å². The van der Waals surface area contributed by atoms with Gasteiger partial charge in [-0.1, -0.05) is 33.7 Å².